The second-order valence-electron chi connectivity index (χ2n) is 7.90. The molecule has 3 aromatic carbocycles. The van der Waals surface area contributed by atoms with E-state index >= 15 is 0 Å². The molecule has 2 atom stereocenters. The molecule has 8 heteroatoms. The van der Waals surface area contributed by atoms with Gasteiger partial charge in [-0.15, -0.1) is 0 Å². The van der Waals surface area contributed by atoms with E-state index in [0.29, 0.717) is 39.6 Å². The lowest BCUT2D eigenvalue weighted by Gasteiger charge is -2.27. The number of carbonyl (C=O) groups excluding carboxylic acids is 2. The Hall–Kier alpha value is -4.33. The molecule has 2 aliphatic heterocycles. The molecule has 0 fully saturated rings. The Kier molecular flexibility index (Phi) is 5.20. The highest BCUT2D eigenvalue weighted by Gasteiger charge is 2.63. The highest BCUT2D eigenvalue weighted by molar-refractivity contribution is 6.25. The van der Waals surface area contributed by atoms with Gasteiger partial charge in [0.2, 0.25) is 0 Å². The van der Waals surface area contributed by atoms with Gasteiger partial charge in [-0.3, -0.25) is 9.59 Å². The Morgan fingerprint density at radius 1 is 0.941 bits per heavy atom. The predicted octanol–water partition coefficient (Wildman–Crippen LogP) is 3.79. The number of anilines is 1. The van der Waals surface area contributed by atoms with Crippen molar-refractivity contribution in [2.45, 2.75) is 5.60 Å². The highest BCUT2D eigenvalue weighted by atomic mass is 16.7. The molecular weight excluding hydrogens is 436 g/mol. The lowest BCUT2D eigenvalue weighted by molar-refractivity contribution is -0.140. The Bertz CT molecular complexity index is 1320. The summed E-state index contributed by atoms with van der Waals surface area (Å²) >= 11 is 0. The number of para-hydroxylation sites is 1. The third kappa shape index (κ3) is 3.10. The molecule has 0 saturated heterocycles. The van der Waals surface area contributed by atoms with Crippen LogP contribution in [0.2, 0.25) is 0 Å². The fourth-order valence-electron chi connectivity index (χ4n) is 4.50. The Balaban J connectivity index is 1.70. The number of fused-ring (bicyclic) bond motifs is 2. The van der Waals surface area contributed by atoms with Crippen molar-refractivity contribution in [2.75, 3.05) is 26.6 Å². The largest absolute Gasteiger partial charge is 0.497 e. The van der Waals surface area contributed by atoms with Crippen molar-refractivity contribution in [1.29, 1.82) is 0 Å². The van der Waals surface area contributed by atoms with Crippen LogP contribution in [0.15, 0.2) is 71.9 Å². The van der Waals surface area contributed by atoms with Gasteiger partial charge in [0, 0.05) is 22.4 Å². The number of nitrogens with one attached hydrogen (secondary N) is 1. The average Bonchev–Trinajstić information content (AvgIpc) is 3.42. The first-order valence-electron chi connectivity index (χ1n) is 10.6. The van der Waals surface area contributed by atoms with E-state index < -0.39 is 17.4 Å². The SMILES string of the molecule is COc1ccc(C(=O)[C@@H]2C(c3cc(OC)ccc3OC)=NO[C@@]23C(=O)Nc2ccccc23)cc1. The molecule has 3 aromatic rings. The second kappa shape index (κ2) is 8.22. The van der Waals surface area contributed by atoms with Gasteiger partial charge in [0.05, 0.1) is 21.3 Å². The number of amides is 1. The minimum Gasteiger partial charge on any atom is -0.497 e. The lowest BCUT2D eigenvalue weighted by atomic mass is 9.74. The van der Waals surface area contributed by atoms with Gasteiger partial charge >= 0.3 is 0 Å². The van der Waals surface area contributed by atoms with Crippen LogP contribution >= 0.6 is 0 Å². The van der Waals surface area contributed by atoms with E-state index in [1.807, 2.05) is 0 Å². The highest BCUT2D eigenvalue weighted by Crippen LogP contribution is 2.50. The molecule has 172 valence electrons. The van der Waals surface area contributed by atoms with Crippen LogP contribution < -0.4 is 19.5 Å². The maximum absolute atomic E-state index is 14.0. The zero-order chi connectivity index (χ0) is 23.9. The van der Waals surface area contributed by atoms with Crippen LogP contribution in [0.1, 0.15) is 21.5 Å². The molecule has 2 heterocycles. The molecule has 0 radical (unpaired) electrons. The molecule has 1 amide bonds. The number of Topliss-reactive ketones (excluding diaryl/α,β-unsaturated/α-hetero) is 1. The normalized spacial score (nSPS) is 20.3. The van der Waals surface area contributed by atoms with E-state index in [1.54, 1.807) is 80.9 Å². The summed E-state index contributed by atoms with van der Waals surface area (Å²) < 4.78 is 16.2. The quantitative estimate of drug-likeness (QED) is 0.565. The smallest absolute Gasteiger partial charge is 0.277 e. The number of methoxy groups -OCH3 is 3. The number of hydrogen-bond donors (Lipinski definition) is 1. The maximum Gasteiger partial charge on any atom is 0.277 e. The van der Waals surface area contributed by atoms with Crippen LogP contribution in [-0.4, -0.2) is 38.7 Å². The Labute approximate surface area is 196 Å². The molecule has 0 bridgehead atoms. The summed E-state index contributed by atoms with van der Waals surface area (Å²) in [5.74, 6) is -0.227. The van der Waals surface area contributed by atoms with E-state index in [2.05, 4.69) is 10.5 Å². The average molecular weight is 458 g/mol. The van der Waals surface area contributed by atoms with Gasteiger partial charge < -0.3 is 24.4 Å². The molecule has 2 aliphatic rings. The van der Waals surface area contributed by atoms with Crippen molar-refractivity contribution in [1.82, 2.24) is 0 Å². The zero-order valence-corrected chi connectivity index (χ0v) is 18.8. The summed E-state index contributed by atoms with van der Waals surface area (Å²) in [6.07, 6.45) is 0. The Morgan fingerprint density at radius 2 is 1.65 bits per heavy atom. The van der Waals surface area contributed by atoms with Crippen molar-refractivity contribution in [2.24, 2.45) is 11.1 Å². The number of ketones is 1. The topological polar surface area (TPSA) is 95.5 Å². The fourth-order valence-corrected chi connectivity index (χ4v) is 4.50. The molecule has 1 spiro atoms. The van der Waals surface area contributed by atoms with Crippen molar-refractivity contribution in [3.63, 3.8) is 0 Å². The van der Waals surface area contributed by atoms with E-state index in [-0.39, 0.29) is 11.5 Å². The summed E-state index contributed by atoms with van der Waals surface area (Å²) in [6, 6.07) is 19.0. The maximum atomic E-state index is 14.0. The third-order valence-electron chi connectivity index (χ3n) is 6.20. The van der Waals surface area contributed by atoms with Gasteiger partial charge in [-0.05, 0) is 48.5 Å². The number of hydrogen-bond acceptors (Lipinski definition) is 7. The standard InChI is InChI=1S/C26H22N2O6/c1-31-16-10-8-15(9-11-16)24(29)22-23(18-14-17(32-2)12-13-21(18)33-3)28-34-26(22)19-6-4-5-7-20(19)27-25(26)30/h4-14,22H,1-3H3,(H,27,30)/t22-,26+/m0/s1. The number of benzene rings is 3. The van der Waals surface area contributed by atoms with Crippen LogP contribution in [0.4, 0.5) is 5.69 Å². The first kappa shape index (κ1) is 21.5. The van der Waals surface area contributed by atoms with Crippen molar-refractivity contribution < 1.29 is 28.6 Å². The van der Waals surface area contributed by atoms with Crippen LogP contribution in [0.5, 0.6) is 17.2 Å². The van der Waals surface area contributed by atoms with Gasteiger partial charge in [0.1, 0.15) is 28.9 Å². The first-order chi connectivity index (χ1) is 16.5. The molecule has 1 N–H and O–H groups in total. The van der Waals surface area contributed by atoms with Crippen LogP contribution in [0, 0.1) is 5.92 Å². The summed E-state index contributed by atoms with van der Waals surface area (Å²) in [7, 11) is 4.62. The Morgan fingerprint density at radius 3 is 2.35 bits per heavy atom. The molecule has 0 aliphatic carbocycles. The molecule has 0 unspecified atom stereocenters. The van der Waals surface area contributed by atoms with E-state index in [1.165, 1.54) is 7.11 Å². The molecule has 0 aromatic heterocycles. The van der Waals surface area contributed by atoms with E-state index in [4.69, 9.17) is 19.0 Å². The van der Waals surface area contributed by atoms with E-state index in [9.17, 15) is 9.59 Å². The molecule has 5 rings (SSSR count). The minimum atomic E-state index is -1.66. The first-order valence-corrected chi connectivity index (χ1v) is 10.6. The summed E-state index contributed by atoms with van der Waals surface area (Å²) in [5.41, 5.74) is 0.645. The van der Waals surface area contributed by atoms with Crippen LogP contribution in [0.3, 0.4) is 0 Å². The van der Waals surface area contributed by atoms with Crippen molar-refractivity contribution in [3.8, 4) is 17.2 Å². The fraction of sp³-hybridized carbons (Fsp3) is 0.192. The molecule has 8 nitrogen and oxygen atoms in total. The van der Waals surface area contributed by atoms with Crippen LogP contribution in [-0.2, 0) is 15.2 Å². The van der Waals surface area contributed by atoms with Crippen molar-refractivity contribution >= 4 is 23.1 Å². The van der Waals surface area contributed by atoms with E-state index in [0.717, 1.165) is 0 Å². The predicted molar refractivity (Wildman–Crippen MR) is 125 cm³/mol. The molecular formula is C26H22N2O6. The number of oxime groups is 1. The van der Waals surface area contributed by atoms with Gasteiger partial charge in [-0.2, -0.15) is 0 Å². The summed E-state index contributed by atoms with van der Waals surface area (Å²) in [6.45, 7) is 0. The summed E-state index contributed by atoms with van der Waals surface area (Å²) in [5, 5.41) is 7.15. The van der Waals surface area contributed by atoms with Gasteiger partial charge in [0.25, 0.3) is 11.5 Å². The number of carbonyl (C=O) groups is 2. The third-order valence-corrected chi connectivity index (χ3v) is 6.20. The minimum absolute atomic E-state index is 0.281. The number of ether oxygens (including phenoxy) is 3. The second-order valence-corrected chi connectivity index (χ2v) is 7.90. The van der Waals surface area contributed by atoms with Gasteiger partial charge in [-0.25, -0.2) is 0 Å². The number of rotatable bonds is 6. The lowest BCUT2D eigenvalue weighted by Crippen LogP contribution is -2.46. The van der Waals surface area contributed by atoms with Gasteiger partial charge in [-0.1, -0.05) is 23.4 Å². The zero-order valence-electron chi connectivity index (χ0n) is 18.8. The molecule has 34 heavy (non-hydrogen) atoms. The molecule has 0 saturated carbocycles. The van der Waals surface area contributed by atoms with Crippen molar-refractivity contribution in [3.05, 3.63) is 83.4 Å². The monoisotopic (exact) mass is 458 g/mol. The van der Waals surface area contributed by atoms with Gasteiger partial charge in [0.15, 0.2) is 5.78 Å². The van der Waals surface area contributed by atoms with Crippen LogP contribution in [0.25, 0.3) is 0 Å². The summed E-state index contributed by atoms with van der Waals surface area (Å²) in [4.78, 5) is 33.4. The number of nitrogens with zero attached hydrogens (tertiary/aromatic N) is 1.